The number of amides is 1. The van der Waals surface area contributed by atoms with Crippen LogP contribution in [0, 0.1) is 34.6 Å². The van der Waals surface area contributed by atoms with Crippen LogP contribution in [-0.2, 0) is 6.61 Å². The van der Waals surface area contributed by atoms with Crippen LogP contribution >= 0.6 is 0 Å². The second-order valence-electron chi connectivity index (χ2n) is 6.80. The van der Waals surface area contributed by atoms with Gasteiger partial charge in [0.25, 0.3) is 5.91 Å². The van der Waals surface area contributed by atoms with Crippen molar-refractivity contribution in [2.75, 3.05) is 5.32 Å². The maximum absolute atomic E-state index is 12.8. The van der Waals surface area contributed by atoms with Gasteiger partial charge in [-0.15, -0.1) is 0 Å². The zero-order chi connectivity index (χ0) is 19.6. The Morgan fingerprint density at radius 3 is 2.11 bits per heavy atom. The summed E-state index contributed by atoms with van der Waals surface area (Å²) in [7, 11) is 0. The van der Waals surface area contributed by atoms with E-state index in [1.54, 1.807) is 6.92 Å². The maximum Gasteiger partial charge on any atom is 0.278 e. The van der Waals surface area contributed by atoms with Gasteiger partial charge in [0.2, 0.25) is 0 Å². The Bertz CT molecular complexity index is 949. The van der Waals surface area contributed by atoms with Crippen LogP contribution in [0.3, 0.4) is 0 Å². The van der Waals surface area contributed by atoms with Gasteiger partial charge in [-0.1, -0.05) is 41.6 Å². The standard InChI is InChI=1S/C22H24N2O3/c1-13-8-6-9-14(2)19(13)23-22(25)20-18(17(5)27-24-20)12-26-21-15(3)10-7-11-16(21)4/h6-11H,12H2,1-5H3,(H,23,25). The van der Waals surface area contributed by atoms with E-state index in [0.717, 1.165) is 33.7 Å². The maximum atomic E-state index is 12.8. The molecule has 27 heavy (non-hydrogen) atoms. The third kappa shape index (κ3) is 3.87. The molecule has 0 aliphatic rings. The Balaban J connectivity index is 1.83. The van der Waals surface area contributed by atoms with Crippen molar-refractivity contribution in [3.8, 4) is 5.75 Å². The predicted molar refractivity (Wildman–Crippen MR) is 105 cm³/mol. The number of para-hydroxylation sites is 2. The van der Waals surface area contributed by atoms with E-state index >= 15 is 0 Å². The number of hydrogen-bond donors (Lipinski definition) is 1. The Hall–Kier alpha value is -3.08. The van der Waals surface area contributed by atoms with E-state index in [1.807, 2.05) is 64.1 Å². The summed E-state index contributed by atoms with van der Waals surface area (Å²) >= 11 is 0. The number of hydrogen-bond acceptors (Lipinski definition) is 4. The lowest BCUT2D eigenvalue weighted by Crippen LogP contribution is -2.17. The number of anilines is 1. The van der Waals surface area contributed by atoms with Gasteiger partial charge in [-0.05, 0) is 56.9 Å². The molecular formula is C22H24N2O3. The number of ether oxygens (including phenoxy) is 1. The van der Waals surface area contributed by atoms with Crippen LogP contribution in [0.25, 0.3) is 0 Å². The van der Waals surface area contributed by atoms with Gasteiger partial charge < -0.3 is 14.6 Å². The summed E-state index contributed by atoms with van der Waals surface area (Å²) in [4.78, 5) is 12.8. The summed E-state index contributed by atoms with van der Waals surface area (Å²) < 4.78 is 11.3. The van der Waals surface area contributed by atoms with Crippen LogP contribution in [0.1, 0.15) is 44.1 Å². The van der Waals surface area contributed by atoms with Crippen molar-refractivity contribution < 1.29 is 14.1 Å². The van der Waals surface area contributed by atoms with E-state index in [-0.39, 0.29) is 18.2 Å². The fourth-order valence-corrected chi connectivity index (χ4v) is 3.10. The van der Waals surface area contributed by atoms with Crippen LogP contribution in [-0.4, -0.2) is 11.1 Å². The molecule has 0 fully saturated rings. The molecule has 5 nitrogen and oxygen atoms in total. The van der Waals surface area contributed by atoms with Gasteiger partial charge in [-0.3, -0.25) is 4.79 Å². The van der Waals surface area contributed by atoms with E-state index in [9.17, 15) is 4.79 Å². The van der Waals surface area contributed by atoms with Crippen LogP contribution in [0.4, 0.5) is 5.69 Å². The van der Waals surface area contributed by atoms with Crippen LogP contribution < -0.4 is 10.1 Å². The lowest BCUT2D eigenvalue weighted by molar-refractivity contribution is 0.101. The lowest BCUT2D eigenvalue weighted by atomic mass is 10.1. The average molecular weight is 364 g/mol. The van der Waals surface area contributed by atoms with Crippen molar-refractivity contribution in [2.45, 2.75) is 41.2 Å². The number of aromatic nitrogens is 1. The number of benzene rings is 2. The number of carbonyl (C=O) groups is 1. The molecule has 0 aliphatic carbocycles. The molecule has 1 aromatic heterocycles. The quantitative estimate of drug-likeness (QED) is 0.688. The highest BCUT2D eigenvalue weighted by Gasteiger charge is 2.22. The molecule has 1 amide bonds. The van der Waals surface area contributed by atoms with Gasteiger partial charge in [0.15, 0.2) is 5.69 Å². The third-order valence-corrected chi connectivity index (χ3v) is 4.69. The van der Waals surface area contributed by atoms with Gasteiger partial charge in [-0.25, -0.2) is 0 Å². The second kappa shape index (κ2) is 7.66. The molecule has 0 bridgehead atoms. The summed E-state index contributed by atoms with van der Waals surface area (Å²) in [6, 6.07) is 11.9. The van der Waals surface area contributed by atoms with Gasteiger partial charge in [0, 0.05) is 5.69 Å². The van der Waals surface area contributed by atoms with Crippen molar-refractivity contribution in [3.05, 3.63) is 75.7 Å². The Morgan fingerprint density at radius 2 is 1.52 bits per heavy atom. The molecule has 3 aromatic rings. The molecular weight excluding hydrogens is 340 g/mol. The van der Waals surface area contributed by atoms with E-state index < -0.39 is 0 Å². The minimum Gasteiger partial charge on any atom is -0.488 e. The highest BCUT2D eigenvalue weighted by atomic mass is 16.5. The molecule has 1 N–H and O–H groups in total. The van der Waals surface area contributed by atoms with Crippen molar-refractivity contribution in [1.29, 1.82) is 0 Å². The van der Waals surface area contributed by atoms with Crippen LogP contribution in [0.15, 0.2) is 40.9 Å². The Morgan fingerprint density at radius 1 is 0.963 bits per heavy atom. The molecule has 0 atom stereocenters. The molecule has 2 aromatic carbocycles. The van der Waals surface area contributed by atoms with Crippen LogP contribution in [0.2, 0.25) is 0 Å². The molecule has 0 radical (unpaired) electrons. The molecule has 0 spiro atoms. The molecule has 5 heteroatoms. The third-order valence-electron chi connectivity index (χ3n) is 4.69. The zero-order valence-corrected chi connectivity index (χ0v) is 16.3. The molecule has 0 saturated heterocycles. The first-order valence-electron chi connectivity index (χ1n) is 8.90. The van der Waals surface area contributed by atoms with Crippen molar-refractivity contribution in [1.82, 2.24) is 5.16 Å². The largest absolute Gasteiger partial charge is 0.488 e. The molecule has 140 valence electrons. The van der Waals surface area contributed by atoms with Crippen molar-refractivity contribution in [2.24, 2.45) is 0 Å². The molecule has 0 aliphatic heterocycles. The summed E-state index contributed by atoms with van der Waals surface area (Å²) in [5, 5.41) is 6.91. The highest BCUT2D eigenvalue weighted by Crippen LogP contribution is 2.26. The van der Waals surface area contributed by atoms with Gasteiger partial charge in [-0.2, -0.15) is 0 Å². The topological polar surface area (TPSA) is 64.4 Å². The van der Waals surface area contributed by atoms with Crippen molar-refractivity contribution in [3.63, 3.8) is 0 Å². The number of carbonyl (C=O) groups excluding carboxylic acids is 1. The Labute approximate surface area is 159 Å². The molecule has 0 unspecified atom stereocenters. The normalized spacial score (nSPS) is 10.7. The first-order chi connectivity index (χ1) is 12.9. The highest BCUT2D eigenvalue weighted by molar-refractivity contribution is 6.04. The van der Waals surface area contributed by atoms with Gasteiger partial charge in [0.1, 0.15) is 18.1 Å². The first kappa shape index (κ1) is 18.7. The van der Waals surface area contributed by atoms with Crippen LogP contribution in [0.5, 0.6) is 5.75 Å². The number of nitrogens with zero attached hydrogens (tertiary/aromatic N) is 1. The zero-order valence-electron chi connectivity index (χ0n) is 16.3. The van der Waals surface area contributed by atoms with Gasteiger partial charge in [0.05, 0.1) is 5.56 Å². The summed E-state index contributed by atoms with van der Waals surface area (Å²) in [5.41, 5.74) is 5.79. The number of nitrogens with one attached hydrogen (secondary N) is 1. The fraction of sp³-hybridized carbons (Fsp3) is 0.273. The smallest absolute Gasteiger partial charge is 0.278 e. The monoisotopic (exact) mass is 364 g/mol. The minimum absolute atomic E-state index is 0.219. The van der Waals surface area contributed by atoms with E-state index in [0.29, 0.717) is 11.3 Å². The first-order valence-corrected chi connectivity index (χ1v) is 8.90. The molecule has 3 rings (SSSR count). The summed E-state index contributed by atoms with van der Waals surface area (Å²) in [6.45, 7) is 9.92. The number of aryl methyl sites for hydroxylation is 5. The van der Waals surface area contributed by atoms with E-state index in [2.05, 4.69) is 10.5 Å². The lowest BCUT2D eigenvalue weighted by Gasteiger charge is -2.13. The predicted octanol–water partition coefficient (Wildman–Crippen LogP) is 5.05. The fourth-order valence-electron chi connectivity index (χ4n) is 3.10. The average Bonchev–Trinajstić information content (AvgIpc) is 2.99. The van der Waals surface area contributed by atoms with Crippen molar-refractivity contribution >= 4 is 11.6 Å². The molecule has 1 heterocycles. The minimum atomic E-state index is -0.302. The molecule has 0 saturated carbocycles. The van der Waals surface area contributed by atoms with E-state index in [1.165, 1.54) is 0 Å². The van der Waals surface area contributed by atoms with E-state index in [4.69, 9.17) is 9.26 Å². The SMILES string of the molecule is Cc1cccc(C)c1NC(=O)c1noc(C)c1COc1c(C)cccc1C. The summed E-state index contributed by atoms with van der Waals surface area (Å²) in [6.07, 6.45) is 0. The second-order valence-corrected chi connectivity index (χ2v) is 6.80. The number of rotatable bonds is 5. The summed E-state index contributed by atoms with van der Waals surface area (Å²) in [5.74, 6) is 1.09. The van der Waals surface area contributed by atoms with Gasteiger partial charge >= 0.3 is 0 Å². The Kier molecular flexibility index (Phi) is 5.31.